The molecule has 0 spiro atoms. The van der Waals surface area contributed by atoms with E-state index in [2.05, 4.69) is 49.3 Å². The number of carbonyl (C=O) groups excluding carboxylic acids is 1. The van der Waals surface area contributed by atoms with Gasteiger partial charge in [-0.25, -0.2) is 0 Å². The Bertz CT molecular complexity index is 999. The van der Waals surface area contributed by atoms with Gasteiger partial charge in [-0.3, -0.25) is 4.79 Å². The number of nitrogens with zero attached hydrogens (tertiary/aromatic N) is 2. The summed E-state index contributed by atoms with van der Waals surface area (Å²) in [6, 6.07) is 14.0. The molecular formula is C23H27N3O2S. The zero-order chi connectivity index (χ0) is 21.0. The minimum absolute atomic E-state index is 0.0864. The summed E-state index contributed by atoms with van der Waals surface area (Å²) in [5.74, 6) is 0.757. The zero-order valence-corrected chi connectivity index (χ0v) is 18.3. The van der Waals surface area contributed by atoms with Crippen molar-refractivity contribution in [1.82, 2.24) is 10.2 Å². The van der Waals surface area contributed by atoms with E-state index in [1.807, 2.05) is 43.3 Å². The minimum Gasteiger partial charge on any atom is -0.411 e. The van der Waals surface area contributed by atoms with E-state index in [0.29, 0.717) is 17.0 Å². The highest BCUT2D eigenvalue weighted by Crippen LogP contribution is 2.30. The smallest absolute Gasteiger partial charge is 0.277 e. The third-order valence-corrected chi connectivity index (χ3v) is 6.10. The van der Waals surface area contributed by atoms with Crippen LogP contribution in [0.25, 0.3) is 11.5 Å². The monoisotopic (exact) mass is 409 g/mol. The molecule has 3 aromatic rings. The standard InChI is InChI=1S/C23H27N3O2S/c1-6-14(2)19-9-7-8-10-20(19)24-21(27)17(5)29-23-26-25-22(28-23)18-12-11-15(3)16(4)13-18/h7-14,17H,6H2,1-5H3,(H,24,27)/t14-,17+/m1/s1. The molecule has 0 unspecified atom stereocenters. The van der Waals surface area contributed by atoms with E-state index in [0.717, 1.165) is 23.2 Å². The maximum Gasteiger partial charge on any atom is 0.277 e. The van der Waals surface area contributed by atoms with Gasteiger partial charge in [0.25, 0.3) is 5.22 Å². The molecule has 0 saturated heterocycles. The fraction of sp³-hybridized carbons (Fsp3) is 0.348. The molecule has 1 amide bonds. The molecule has 3 rings (SSSR count). The van der Waals surface area contributed by atoms with Gasteiger partial charge in [-0.15, -0.1) is 10.2 Å². The fourth-order valence-electron chi connectivity index (χ4n) is 2.95. The third-order valence-electron chi connectivity index (χ3n) is 5.17. The first-order valence-corrected chi connectivity index (χ1v) is 10.7. The fourth-order valence-corrected chi connectivity index (χ4v) is 3.63. The Morgan fingerprint density at radius 3 is 2.59 bits per heavy atom. The summed E-state index contributed by atoms with van der Waals surface area (Å²) < 4.78 is 5.78. The molecule has 2 aromatic carbocycles. The van der Waals surface area contributed by atoms with Gasteiger partial charge in [0.15, 0.2) is 0 Å². The van der Waals surface area contributed by atoms with Gasteiger partial charge in [0.2, 0.25) is 11.8 Å². The molecule has 2 atom stereocenters. The van der Waals surface area contributed by atoms with Crippen LogP contribution < -0.4 is 5.32 Å². The molecule has 0 bridgehead atoms. The molecule has 6 heteroatoms. The van der Waals surface area contributed by atoms with Gasteiger partial charge in [0, 0.05) is 11.3 Å². The number of amides is 1. The van der Waals surface area contributed by atoms with Crippen LogP contribution in [0.15, 0.2) is 52.1 Å². The normalized spacial score (nSPS) is 13.1. The number of rotatable bonds is 7. The Hall–Kier alpha value is -2.60. The van der Waals surface area contributed by atoms with Crippen molar-refractivity contribution in [2.24, 2.45) is 0 Å². The van der Waals surface area contributed by atoms with Crippen molar-refractivity contribution in [3.63, 3.8) is 0 Å². The highest BCUT2D eigenvalue weighted by atomic mass is 32.2. The molecule has 0 aliphatic carbocycles. The average molecular weight is 410 g/mol. The Balaban J connectivity index is 1.68. The van der Waals surface area contributed by atoms with Crippen LogP contribution in [0.5, 0.6) is 0 Å². The number of benzene rings is 2. The predicted molar refractivity (Wildman–Crippen MR) is 118 cm³/mol. The molecule has 0 aliphatic rings. The highest BCUT2D eigenvalue weighted by Gasteiger charge is 2.20. The lowest BCUT2D eigenvalue weighted by Crippen LogP contribution is -2.23. The molecule has 5 nitrogen and oxygen atoms in total. The second-order valence-corrected chi connectivity index (χ2v) is 8.61. The van der Waals surface area contributed by atoms with Gasteiger partial charge in [-0.1, -0.05) is 49.9 Å². The maximum atomic E-state index is 12.7. The summed E-state index contributed by atoms with van der Waals surface area (Å²) in [5, 5.41) is 11.3. The quantitative estimate of drug-likeness (QED) is 0.486. The van der Waals surface area contributed by atoms with Crippen molar-refractivity contribution in [3.8, 4) is 11.5 Å². The number of aryl methyl sites for hydroxylation is 2. The molecule has 0 aliphatic heterocycles. The molecule has 1 aromatic heterocycles. The molecule has 0 saturated carbocycles. The lowest BCUT2D eigenvalue weighted by Gasteiger charge is -2.17. The van der Waals surface area contributed by atoms with Crippen molar-refractivity contribution in [1.29, 1.82) is 0 Å². The number of hydrogen-bond acceptors (Lipinski definition) is 5. The molecule has 1 heterocycles. The lowest BCUT2D eigenvalue weighted by atomic mass is 9.97. The summed E-state index contributed by atoms with van der Waals surface area (Å²) in [7, 11) is 0. The second kappa shape index (κ2) is 9.27. The van der Waals surface area contributed by atoms with Crippen molar-refractivity contribution >= 4 is 23.4 Å². The molecule has 0 fully saturated rings. The van der Waals surface area contributed by atoms with Crippen LogP contribution in [0.3, 0.4) is 0 Å². The molecular weight excluding hydrogens is 382 g/mol. The van der Waals surface area contributed by atoms with Crippen LogP contribution in [0.4, 0.5) is 5.69 Å². The van der Waals surface area contributed by atoms with Crippen LogP contribution in [0, 0.1) is 13.8 Å². The summed E-state index contributed by atoms with van der Waals surface area (Å²) in [5.41, 5.74) is 5.27. The number of carbonyl (C=O) groups is 1. The van der Waals surface area contributed by atoms with Crippen molar-refractivity contribution in [3.05, 3.63) is 59.2 Å². The Morgan fingerprint density at radius 1 is 1.10 bits per heavy atom. The first-order valence-electron chi connectivity index (χ1n) is 9.86. The van der Waals surface area contributed by atoms with Gasteiger partial charge in [0.05, 0.1) is 5.25 Å². The number of aromatic nitrogens is 2. The maximum absolute atomic E-state index is 12.7. The van der Waals surface area contributed by atoms with Crippen molar-refractivity contribution in [2.45, 2.75) is 57.4 Å². The van der Waals surface area contributed by atoms with Gasteiger partial charge in [-0.2, -0.15) is 0 Å². The van der Waals surface area contributed by atoms with Crippen LogP contribution in [0.2, 0.25) is 0 Å². The SMILES string of the molecule is CC[C@@H](C)c1ccccc1NC(=O)[C@H](C)Sc1nnc(-c2ccc(C)c(C)c2)o1. The molecule has 29 heavy (non-hydrogen) atoms. The highest BCUT2D eigenvalue weighted by molar-refractivity contribution is 8.00. The Morgan fingerprint density at radius 2 is 1.86 bits per heavy atom. The molecule has 0 radical (unpaired) electrons. The van der Waals surface area contributed by atoms with E-state index in [-0.39, 0.29) is 11.2 Å². The topological polar surface area (TPSA) is 68.0 Å². The Kier molecular flexibility index (Phi) is 6.75. The van der Waals surface area contributed by atoms with E-state index in [4.69, 9.17) is 4.42 Å². The van der Waals surface area contributed by atoms with Crippen LogP contribution in [-0.2, 0) is 4.79 Å². The Labute approximate surface area is 176 Å². The summed E-state index contributed by atoms with van der Waals surface area (Å²) in [6.45, 7) is 10.3. The molecule has 1 N–H and O–H groups in total. The van der Waals surface area contributed by atoms with Gasteiger partial charge >= 0.3 is 0 Å². The van der Waals surface area contributed by atoms with Crippen molar-refractivity contribution < 1.29 is 9.21 Å². The van der Waals surface area contributed by atoms with Crippen LogP contribution in [-0.4, -0.2) is 21.4 Å². The minimum atomic E-state index is -0.368. The average Bonchev–Trinajstić information content (AvgIpc) is 3.18. The van der Waals surface area contributed by atoms with Crippen molar-refractivity contribution in [2.75, 3.05) is 5.32 Å². The summed E-state index contributed by atoms with van der Waals surface area (Å²) in [6.07, 6.45) is 1.01. The van der Waals surface area contributed by atoms with Crippen LogP contribution >= 0.6 is 11.8 Å². The predicted octanol–water partition coefficient (Wildman–Crippen LogP) is 5.99. The lowest BCUT2D eigenvalue weighted by molar-refractivity contribution is -0.115. The van der Waals surface area contributed by atoms with E-state index < -0.39 is 0 Å². The largest absolute Gasteiger partial charge is 0.411 e. The number of hydrogen-bond donors (Lipinski definition) is 1. The first-order chi connectivity index (χ1) is 13.9. The number of para-hydroxylation sites is 1. The second-order valence-electron chi connectivity index (χ2n) is 7.32. The van der Waals surface area contributed by atoms with Gasteiger partial charge in [-0.05, 0) is 68.0 Å². The number of nitrogens with one attached hydrogen (secondary N) is 1. The third kappa shape index (κ3) is 5.07. The van der Waals surface area contributed by atoms with Gasteiger partial charge < -0.3 is 9.73 Å². The van der Waals surface area contributed by atoms with E-state index in [9.17, 15) is 4.79 Å². The summed E-state index contributed by atoms with van der Waals surface area (Å²) in [4.78, 5) is 12.7. The number of anilines is 1. The zero-order valence-electron chi connectivity index (χ0n) is 17.5. The summed E-state index contributed by atoms with van der Waals surface area (Å²) >= 11 is 1.26. The van der Waals surface area contributed by atoms with Crippen LogP contribution in [0.1, 0.15) is 49.8 Å². The molecule has 152 valence electrons. The first kappa shape index (κ1) is 21.1. The van der Waals surface area contributed by atoms with Gasteiger partial charge in [0.1, 0.15) is 0 Å². The number of thioether (sulfide) groups is 1. The van der Waals surface area contributed by atoms with E-state index in [1.165, 1.54) is 22.9 Å². The van der Waals surface area contributed by atoms with E-state index >= 15 is 0 Å². The van der Waals surface area contributed by atoms with E-state index in [1.54, 1.807) is 0 Å².